The molecule has 13 heavy (non-hydrogen) atoms. The zero-order valence-corrected chi connectivity index (χ0v) is 7.09. The van der Waals surface area contributed by atoms with Gasteiger partial charge in [-0.2, -0.15) is 0 Å². The summed E-state index contributed by atoms with van der Waals surface area (Å²) in [6, 6.07) is 0.214. The fraction of sp³-hybridized carbons (Fsp3) is 0.857. The fourth-order valence-electron chi connectivity index (χ4n) is 1.89. The van der Waals surface area contributed by atoms with E-state index in [2.05, 4.69) is 10.0 Å². The topological polar surface area (TPSA) is 78.3 Å². The van der Waals surface area contributed by atoms with E-state index in [9.17, 15) is 4.79 Å². The van der Waals surface area contributed by atoms with E-state index >= 15 is 0 Å². The zero-order valence-electron chi connectivity index (χ0n) is 7.09. The quantitative estimate of drug-likeness (QED) is 0.349. The van der Waals surface area contributed by atoms with Gasteiger partial charge >= 0.3 is 0 Å². The summed E-state index contributed by atoms with van der Waals surface area (Å²) in [6.45, 7) is 1.22. The average molecular weight is 182 g/mol. The lowest BCUT2D eigenvalue weighted by Crippen LogP contribution is -2.42. The summed E-state index contributed by atoms with van der Waals surface area (Å²) in [6.07, 6.45) is 1.14. The molecule has 2 bridgehead atoms. The number of azide groups is 1. The van der Waals surface area contributed by atoms with Crippen LogP contribution in [0.5, 0.6) is 0 Å². The molecule has 2 saturated heterocycles. The van der Waals surface area contributed by atoms with Crippen LogP contribution in [0.1, 0.15) is 6.42 Å². The molecule has 70 valence electrons. The Kier molecular flexibility index (Phi) is 2.08. The predicted octanol–water partition coefficient (Wildman–Crippen LogP) is 0.296. The zero-order chi connectivity index (χ0) is 9.26. The maximum absolute atomic E-state index is 11.4. The van der Waals surface area contributed by atoms with Gasteiger partial charge in [0.25, 0.3) is 0 Å². The van der Waals surface area contributed by atoms with Crippen LogP contribution in [0.15, 0.2) is 5.11 Å². The highest BCUT2D eigenvalue weighted by atomic mass is 16.5. The number of carbonyl (C=O) groups is 1. The van der Waals surface area contributed by atoms with E-state index < -0.39 is 0 Å². The predicted molar refractivity (Wildman–Crippen MR) is 43.9 cm³/mol. The third-order valence-electron chi connectivity index (χ3n) is 2.49. The molecule has 0 N–H and O–H groups in total. The number of amides is 1. The van der Waals surface area contributed by atoms with Crippen molar-refractivity contribution >= 4 is 5.91 Å². The molecule has 0 radical (unpaired) electrons. The van der Waals surface area contributed by atoms with Gasteiger partial charge in [-0.25, -0.2) is 0 Å². The highest BCUT2D eigenvalue weighted by Crippen LogP contribution is 2.27. The van der Waals surface area contributed by atoms with Gasteiger partial charge in [-0.05, 0) is 12.0 Å². The molecule has 2 rings (SSSR count). The molecule has 2 fully saturated rings. The minimum atomic E-state index is -0.0893. The molecule has 1 amide bonds. The largest absolute Gasteiger partial charge is 0.374 e. The summed E-state index contributed by atoms with van der Waals surface area (Å²) >= 11 is 0. The summed E-state index contributed by atoms with van der Waals surface area (Å²) in [5.74, 6) is -0.0893. The number of fused-ring (bicyclic) bond motifs is 2. The first-order valence-corrected chi connectivity index (χ1v) is 4.23. The number of hydrogen-bond acceptors (Lipinski definition) is 3. The first kappa shape index (κ1) is 8.34. The van der Waals surface area contributed by atoms with E-state index in [1.807, 2.05) is 0 Å². The Morgan fingerprint density at radius 3 is 3.15 bits per heavy atom. The molecule has 0 saturated carbocycles. The Bertz CT molecular complexity index is 274. The lowest BCUT2D eigenvalue weighted by molar-refractivity contribution is -0.134. The molecule has 0 unspecified atom stereocenters. The normalized spacial score (nSPS) is 30.3. The van der Waals surface area contributed by atoms with E-state index in [4.69, 9.17) is 10.3 Å². The first-order valence-electron chi connectivity index (χ1n) is 4.23. The van der Waals surface area contributed by atoms with Crippen LogP contribution in [0.3, 0.4) is 0 Å². The number of likely N-dealkylation sites (tertiary alicyclic amines) is 1. The Labute approximate surface area is 75.1 Å². The molecule has 6 heteroatoms. The van der Waals surface area contributed by atoms with Crippen molar-refractivity contribution in [3.05, 3.63) is 10.4 Å². The second-order valence-corrected chi connectivity index (χ2v) is 3.28. The van der Waals surface area contributed by atoms with Crippen molar-refractivity contribution in [1.29, 1.82) is 0 Å². The van der Waals surface area contributed by atoms with Crippen LogP contribution >= 0.6 is 0 Å². The van der Waals surface area contributed by atoms with Crippen molar-refractivity contribution in [2.45, 2.75) is 18.6 Å². The van der Waals surface area contributed by atoms with Crippen LogP contribution in [0.25, 0.3) is 10.4 Å². The smallest absolute Gasteiger partial charge is 0.228 e. The second kappa shape index (κ2) is 3.24. The molecular formula is C7H10N4O2. The van der Waals surface area contributed by atoms with Crippen molar-refractivity contribution in [2.75, 3.05) is 19.7 Å². The van der Waals surface area contributed by atoms with Gasteiger partial charge in [-0.15, -0.1) is 0 Å². The van der Waals surface area contributed by atoms with Gasteiger partial charge in [0.1, 0.15) is 6.54 Å². The third kappa shape index (κ3) is 1.46. The van der Waals surface area contributed by atoms with Crippen molar-refractivity contribution in [2.24, 2.45) is 5.11 Å². The van der Waals surface area contributed by atoms with Crippen molar-refractivity contribution < 1.29 is 9.53 Å². The molecule has 0 aromatic rings. The summed E-state index contributed by atoms with van der Waals surface area (Å²) < 4.78 is 5.34. The molecule has 2 aliphatic heterocycles. The summed E-state index contributed by atoms with van der Waals surface area (Å²) in [4.78, 5) is 15.7. The fourth-order valence-corrected chi connectivity index (χ4v) is 1.89. The molecule has 2 aliphatic rings. The molecule has 0 aromatic heterocycles. The number of nitrogens with zero attached hydrogens (tertiary/aromatic N) is 4. The molecule has 2 heterocycles. The molecule has 0 aliphatic carbocycles. The van der Waals surface area contributed by atoms with Crippen LogP contribution in [0, 0.1) is 0 Å². The Hall–Kier alpha value is -1.26. The van der Waals surface area contributed by atoms with Gasteiger partial charge < -0.3 is 9.64 Å². The van der Waals surface area contributed by atoms with E-state index in [1.54, 1.807) is 4.90 Å². The molecule has 2 atom stereocenters. The molecular weight excluding hydrogens is 172 g/mol. The number of ether oxygens (including phenoxy) is 1. The van der Waals surface area contributed by atoms with E-state index in [1.165, 1.54) is 0 Å². The van der Waals surface area contributed by atoms with Gasteiger partial charge in [-0.1, -0.05) is 5.11 Å². The Morgan fingerprint density at radius 2 is 2.62 bits per heavy atom. The monoisotopic (exact) mass is 182 g/mol. The second-order valence-electron chi connectivity index (χ2n) is 3.28. The average Bonchev–Trinajstić information content (AvgIpc) is 2.74. The van der Waals surface area contributed by atoms with Gasteiger partial charge in [0.2, 0.25) is 5.91 Å². The lowest BCUT2D eigenvalue weighted by atomic mass is 10.2. The number of morpholine rings is 1. The molecule has 6 nitrogen and oxygen atoms in total. The van der Waals surface area contributed by atoms with Crippen LogP contribution in [-0.4, -0.2) is 42.6 Å². The van der Waals surface area contributed by atoms with Gasteiger partial charge in [0.05, 0.1) is 18.8 Å². The van der Waals surface area contributed by atoms with Crippen LogP contribution < -0.4 is 0 Å². The maximum atomic E-state index is 11.4. The van der Waals surface area contributed by atoms with Crippen LogP contribution in [0.2, 0.25) is 0 Å². The van der Waals surface area contributed by atoms with Crippen molar-refractivity contribution in [3.63, 3.8) is 0 Å². The Balaban J connectivity index is 1.94. The number of hydrogen-bond donors (Lipinski definition) is 0. The lowest BCUT2D eigenvalue weighted by Gasteiger charge is -2.26. The van der Waals surface area contributed by atoms with Crippen LogP contribution in [-0.2, 0) is 9.53 Å². The number of carbonyl (C=O) groups excluding carboxylic acids is 1. The molecule has 0 spiro atoms. The minimum Gasteiger partial charge on any atom is -0.374 e. The standard InChI is InChI=1S/C7H10N4O2/c8-10-9-2-7(12)11-3-6-1-5(11)4-13-6/h5-6H,1-4H2/t5-,6+/m0/s1. The highest BCUT2D eigenvalue weighted by Gasteiger charge is 2.40. The minimum absolute atomic E-state index is 0.0697. The van der Waals surface area contributed by atoms with Crippen LogP contribution in [0.4, 0.5) is 0 Å². The number of rotatable bonds is 2. The van der Waals surface area contributed by atoms with Crippen molar-refractivity contribution in [1.82, 2.24) is 4.90 Å². The Morgan fingerprint density at radius 1 is 1.77 bits per heavy atom. The third-order valence-corrected chi connectivity index (χ3v) is 2.49. The van der Waals surface area contributed by atoms with Crippen molar-refractivity contribution in [3.8, 4) is 0 Å². The van der Waals surface area contributed by atoms with Gasteiger partial charge in [0, 0.05) is 11.5 Å². The SMILES string of the molecule is [N-]=[N+]=NCC(=O)N1C[C@H]2C[C@H]1CO2. The van der Waals surface area contributed by atoms with Gasteiger partial charge in [0.15, 0.2) is 0 Å². The summed E-state index contributed by atoms with van der Waals surface area (Å²) in [7, 11) is 0. The van der Waals surface area contributed by atoms with E-state index in [-0.39, 0.29) is 24.6 Å². The molecule has 0 aromatic carbocycles. The van der Waals surface area contributed by atoms with E-state index in [0.29, 0.717) is 13.2 Å². The summed E-state index contributed by atoms with van der Waals surface area (Å²) in [5, 5.41) is 3.25. The van der Waals surface area contributed by atoms with E-state index in [0.717, 1.165) is 6.42 Å². The maximum Gasteiger partial charge on any atom is 0.228 e. The van der Waals surface area contributed by atoms with Gasteiger partial charge in [-0.3, -0.25) is 4.79 Å². The summed E-state index contributed by atoms with van der Waals surface area (Å²) in [5.41, 5.74) is 8.05. The first-order chi connectivity index (χ1) is 6.31. The highest BCUT2D eigenvalue weighted by molar-refractivity contribution is 5.79.